The van der Waals surface area contributed by atoms with Crippen LogP contribution in [0.5, 0.6) is 0 Å². The molecule has 3 atom stereocenters. The summed E-state index contributed by atoms with van der Waals surface area (Å²) in [6.07, 6.45) is 4.70. The lowest BCUT2D eigenvalue weighted by Gasteiger charge is -2.26. The number of nitrogens with one attached hydrogen (secondary N) is 1. The third-order valence-electron chi connectivity index (χ3n) is 5.15. The summed E-state index contributed by atoms with van der Waals surface area (Å²) in [7, 11) is 1.74. The van der Waals surface area contributed by atoms with Crippen molar-refractivity contribution < 1.29 is 9.59 Å². The molecular weight excluding hydrogens is 276 g/mol. The minimum atomic E-state index is -0.136. The van der Waals surface area contributed by atoms with E-state index in [1.54, 1.807) is 11.9 Å². The van der Waals surface area contributed by atoms with E-state index in [0.717, 1.165) is 23.6 Å². The molecule has 22 heavy (non-hydrogen) atoms. The lowest BCUT2D eigenvalue weighted by Crippen LogP contribution is -2.40. The highest BCUT2D eigenvalue weighted by molar-refractivity contribution is 5.94. The fourth-order valence-electron chi connectivity index (χ4n) is 3.96. The maximum Gasteiger partial charge on any atom is 0.243 e. The number of nitrogens with zero attached hydrogens (tertiary/aromatic N) is 1. The normalized spacial score (nSPS) is 26.0. The number of amides is 2. The maximum absolute atomic E-state index is 12.5. The van der Waals surface area contributed by atoms with Gasteiger partial charge in [0.2, 0.25) is 11.8 Å². The van der Waals surface area contributed by atoms with Crippen LogP contribution in [0.2, 0.25) is 0 Å². The van der Waals surface area contributed by atoms with E-state index in [1.807, 2.05) is 31.2 Å². The van der Waals surface area contributed by atoms with Crippen LogP contribution in [0.15, 0.2) is 24.3 Å². The van der Waals surface area contributed by atoms with Gasteiger partial charge in [0.05, 0.1) is 6.54 Å². The van der Waals surface area contributed by atoms with Gasteiger partial charge in [0, 0.05) is 18.7 Å². The van der Waals surface area contributed by atoms with Crippen molar-refractivity contribution in [3.8, 4) is 0 Å². The fraction of sp³-hybridized carbons (Fsp3) is 0.556. The van der Waals surface area contributed by atoms with Crippen LogP contribution in [-0.4, -0.2) is 30.3 Å². The number of carbonyl (C=O) groups excluding carboxylic acids is 2. The van der Waals surface area contributed by atoms with Gasteiger partial charge in [-0.05, 0) is 50.2 Å². The van der Waals surface area contributed by atoms with Crippen LogP contribution in [0, 0.1) is 24.7 Å². The highest BCUT2D eigenvalue weighted by Gasteiger charge is 2.44. The number of carbonyl (C=O) groups is 2. The predicted molar refractivity (Wildman–Crippen MR) is 86.4 cm³/mol. The van der Waals surface area contributed by atoms with Gasteiger partial charge >= 0.3 is 0 Å². The van der Waals surface area contributed by atoms with Gasteiger partial charge in [-0.1, -0.05) is 24.1 Å². The van der Waals surface area contributed by atoms with Crippen molar-refractivity contribution in [3.05, 3.63) is 29.8 Å². The van der Waals surface area contributed by atoms with Gasteiger partial charge < -0.3 is 10.2 Å². The average molecular weight is 300 g/mol. The maximum atomic E-state index is 12.5. The molecule has 1 aromatic carbocycles. The number of rotatable bonds is 4. The molecule has 2 saturated carbocycles. The highest BCUT2D eigenvalue weighted by atomic mass is 16.2. The van der Waals surface area contributed by atoms with Gasteiger partial charge in [0.1, 0.15) is 0 Å². The molecule has 2 bridgehead atoms. The molecule has 2 fully saturated rings. The van der Waals surface area contributed by atoms with Crippen LogP contribution in [0.25, 0.3) is 0 Å². The number of hydrogen-bond acceptors (Lipinski definition) is 2. The number of benzene rings is 1. The molecule has 4 nitrogen and oxygen atoms in total. The fourth-order valence-corrected chi connectivity index (χ4v) is 3.96. The summed E-state index contributed by atoms with van der Waals surface area (Å²) in [6.45, 7) is 2.13. The van der Waals surface area contributed by atoms with Crippen molar-refractivity contribution in [2.75, 3.05) is 18.9 Å². The second-order valence-electron chi connectivity index (χ2n) is 6.89. The zero-order valence-electron chi connectivity index (χ0n) is 13.3. The van der Waals surface area contributed by atoms with E-state index in [1.165, 1.54) is 19.3 Å². The zero-order valence-corrected chi connectivity index (χ0v) is 13.3. The minimum Gasteiger partial charge on any atom is -0.336 e. The summed E-state index contributed by atoms with van der Waals surface area (Å²) in [6, 6.07) is 7.68. The Kier molecular flexibility index (Phi) is 4.19. The van der Waals surface area contributed by atoms with Crippen molar-refractivity contribution in [2.24, 2.45) is 17.8 Å². The van der Waals surface area contributed by atoms with E-state index >= 15 is 0 Å². The molecule has 0 radical (unpaired) electrons. The Labute approximate surface area is 131 Å². The van der Waals surface area contributed by atoms with E-state index in [2.05, 4.69) is 5.32 Å². The topological polar surface area (TPSA) is 49.4 Å². The van der Waals surface area contributed by atoms with E-state index in [-0.39, 0.29) is 24.3 Å². The Balaban J connectivity index is 1.52. The first kappa shape index (κ1) is 15.1. The van der Waals surface area contributed by atoms with Crippen LogP contribution in [0.4, 0.5) is 5.69 Å². The van der Waals surface area contributed by atoms with E-state index in [4.69, 9.17) is 0 Å². The lowest BCUT2D eigenvalue weighted by molar-refractivity contribution is -0.138. The molecule has 0 heterocycles. The molecule has 0 aliphatic heterocycles. The highest BCUT2D eigenvalue weighted by Crippen LogP contribution is 2.48. The standard InChI is InChI=1S/C18H24N2O2/c1-12-3-7-15(8-4-12)19-17(21)11-20(2)18(22)16-10-13-5-6-14(16)9-13/h3-4,7-8,13-14,16H,5-6,9-11H2,1-2H3,(H,19,21). The van der Waals surface area contributed by atoms with Crippen LogP contribution < -0.4 is 5.32 Å². The molecule has 2 aliphatic carbocycles. The molecule has 1 aromatic rings. The van der Waals surface area contributed by atoms with Crippen molar-refractivity contribution in [1.29, 1.82) is 0 Å². The molecule has 1 N–H and O–H groups in total. The summed E-state index contributed by atoms with van der Waals surface area (Å²) >= 11 is 0. The van der Waals surface area contributed by atoms with E-state index in [9.17, 15) is 9.59 Å². The third kappa shape index (κ3) is 3.16. The van der Waals surface area contributed by atoms with Crippen molar-refractivity contribution in [3.63, 3.8) is 0 Å². The largest absolute Gasteiger partial charge is 0.336 e. The summed E-state index contributed by atoms with van der Waals surface area (Å²) in [5.74, 6) is 1.46. The first-order valence-electron chi connectivity index (χ1n) is 8.14. The van der Waals surface area contributed by atoms with E-state index < -0.39 is 0 Å². The first-order valence-corrected chi connectivity index (χ1v) is 8.14. The molecule has 4 heteroatoms. The van der Waals surface area contributed by atoms with Crippen molar-refractivity contribution >= 4 is 17.5 Å². The molecule has 0 spiro atoms. The van der Waals surface area contributed by atoms with Crippen molar-refractivity contribution in [1.82, 2.24) is 4.90 Å². The number of fused-ring (bicyclic) bond motifs is 2. The van der Waals surface area contributed by atoms with Gasteiger partial charge in [-0.2, -0.15) is 0 Å². The number of hydrogen-bond donors (Lipinski definition) is 1. The summed E-state index contributed by atoms with van der Waals surface area (Å²) in [5.41, 5.74) is 1.93. The van der Waals surface area contributed by atoms with Gasteiger partial charge in [-0.25, -0.2) is 0 Å². The second-order valence-corrected chi connectivity index (χ2v) is 6.89. The Morgan fingerprint density at radius 1 is 1.18 bits per heavy atom. The van der Waals surface area contributed by atoms with E-state index in [0.29, 0.717) is 5.92 Å². The molecule has 2 amide bonds. The van der Waals surface area contributed by atoms with Crippen molar-refractivity contribution in [2.45, 2.75) is 32.6 Å². The summed E-state index contributed by atoms with van der Waals surface area (Å²) in [5, 5.41) is 2.85. The molecule has 118 valence electrons. The Morgan fingerprint density at radius 2 is 1.91 bits per heavy atom. The van der Waals surface area contributed by atoms with Gasteiger partial charge in [0.25, 0.3) is 0 Å². The third-order valence-corrected chi connectivity index (χ3v) is 5.15. The summed E-state index contributed by atoms with van der Waals surface area (Å²) in [4.78, 5) is 26.2. The van der Waals surface area contributed by atoms with Crippen LogP contribution in [-0.2, 0) is 9.59 Å². The first-order chi connectivity index (χ1) is 10.5. The SMILES string of the molecule is Cc1ccc(NC(=O)CN(C)C(=O)C2CC3CCC2C3)cc1. The Bertz CT molecular complexity index is 567. The number of aryl methyl sites for hydroxylation is 1. The zero-order chi connectivity index (χ0) is 15.7. The molecule has 0 aromatic heterocycles. The Hall–Kier alpha value is -1.84. The predicted octanol–water partition coefficient (Wildman–Crippen LogP) is 2.83. The smallest absolute Gasteiger partial charge is 0.243 e. The van der Waals surface area contributed by atoms with Crippen LogP contribution in [0.3, 0.4) is 0 Å². The molecule has 3 unspecified atom stereocenters. The average Bonchev–Trinajstić information content (AvgIpc) is 3.11. The molecular formula is C18H24N2O2. The molecule has 3 rings (SSSR count). The lowest BCUT2D eigenvalue weighted by atomic mass is 9.88. The molecule has 2 aliphatic rings. The summed E-state index contributed by atoms with van der Waals surface area (Å²) < 4.78 is 0. The Morgan fingerprint density at radius 3 is 2.50 bits per heavy atom. The second kappa shape index (κ2) is 6.11. The number of likely N-dealkylation sites (N-methyl/N-ethyl adjacent to an activating group) is 1. The quantitative estimate of drug-likeness (QED) is 0.929. The van der Waals surface area contributed by atoms with Gasteiger partial charge in [-0.15, -0.1) is 0 Å². The van der Waals surface area contributed by atoms with Crippen LogP contribution >= 0.6 is 0 Å². The molecule has 0 saturated heterocycles. The van der Waals surface area contributed by atoms with Crippen LogP contribution in [0.1, 0.15) is 31.2 Å². The van der Waals surface area contributed by atoms with Gasteiger partial charge in [0.15, 0.2) is 0 Å². The number of anilines is 1. The van der Waals surface area contributed by atoms with Gasteiger partial charge in [-0.3, -0.25) is 9.59 Å². The monoisotopic (exact) mass is 300 g/mol. The minimum absolute atomic E-state index is 0.126.